The Morgan fingerprint density at radius 1 is 1.17 bits per heavy atom. The quantitative estimate of drug-likeness (QED) is 0.704. The molecule has 1 aliphatic carbocycles. The summed E-state index contributed by atoms with van der Waals surface area (Å²) >= 11 is 0. The van der Waals surface area contributed by atoms with E-state index in [9.17, 15) is 4.39 Å². The number of fused-ring (bicyclic) bond motifs is 3. The number of anilines is 1. The molecule has 2 heterocycles. The van der Waals surface area contributed by atoms with Crippen molar-refractivity contribution in [3.63, 3.8) is 0 Å². The van der Waals surface area contributed by atoms with Crippen molar-refractivity contribution < 1.29 is 4.39 Å². The second kappa shape index (κ2) is 5.70. The molecule has 0 unspecified atom stereocenters. The van der Waals surface area contributed by atoms with E-state index in [4.69, 9.17) is 0 Å². The Morgan fingerprint density at radius 3 is 2.88 bits per heavy atom. The normalized spacial score (nSPS) is 15.7. The third kappa shape index (κ3) is 2.64. The summed E-state index contributed by atoms with van der Waals surface area (Å²) in [6.07, 6.45) is 2.83. The molecule has 0 bridgehead atoms. The predicted octanol–water partition coefficient (Wildman–Crippen LogP) is 3.87. The van der Waals surface area contributed by atoms with Gasteiger partial charge in [-0.3, -0.25) is 5.43 Å². The van der Waals surface area contributed by atoms with E-state index in [-0.39, 0.29) is 5.82 Å². The van der Waals surface area contributed by atoms with E-state index in [1.807, 2.05) is 19.9 Å². The number of rotatable bonds is 2. The van der Waals surface area contributed by atoms with E-state index >= 15 is 0 Å². The highest BCUT2D eigenvalue weighted by molar-refractivity contribution is 6.12. The number of halogens is 1. The Bertz CT molecular complexity index is 937. The van der Waals surface area contributed by atoms with Gasteiger partial charge in [0.1, 0.15) is 17.5 Å². The van der Waals surface area contributed by atoms with Crippen molar-refractivity contribution in [2.45, 2.75) is 33.1 Å². The predicted molar refractivity (Wildman–Crippen MR) is 92.9 cm³/mol. The summed E-state index contributed by atoms with van der Waals surface area (Å²) in [5, 5.41) is 5.45. The largest absolute Gasteiger partial charge is 0.358 e. The number of aryl methyl sites for hydroxylation is 3. The molecule has 2 N–H and O–H groups in total. The lowest BCUT2D eigenvalue weighted by Gasteiger charge is -2.14. The number of nitrogens with zero attached hydrogens (tertiary/aromatic N) is 3. The van der Waals surface area contributed by atoms with Crippen LogP contribution in [0.3, 0.4) is 0 Å². The molecule has 122 valence electrons. The highest BCUT2D eigenvalue weighted by atomic mass is 19.1. The van der Waals surface area contributed by atoms with Gasteiger partial charge >= 0.3 is 0 Å². The minimum atomic E-state index is -0.232. The van der Waals surface area contributed by atoms with Gasteiger partial charge in [-0.25, -0.2) is 14.4 Å². The molecule has 0 atom stereocenters. The summed E-state index contributed by atoms with van der Waals surface area (Å²) in [7, 11) is 0. The van der Waals surface area contributed by atoms with Gasteiger partial charge in [0.25, 0.3) is 0 Å². The molecule has 24 heavy (non-hydrogen) atoms. The van der Waals surface area contributed by atoms with Gasteiger partial charge in [-0.2, -0.15) is 5.10 Å². The fraction of sp³-hybridized carbons (Fsp3) is 0.278. The Hall–Kier alpha value is -2.76. The van der Waals surface area contributed by atoms with Crippen molar-refractivity contribution in [2.24, 2.45) is 5.10 Å². The number of benzene rings is 1. The molecule has 2 aromatic heterocycles. The first-order valence-electron chi connectivity index (χ1n) is 8.05. The number of hydrazone groups is 1. The van der Waals surface area contributed by atoms with Gasteiger partial charge in [0.15, 0.2) is 0 Å². The molecule has 0 amide bonds. The first-order chi connectivity index (χ1) is 11.6. The molecule has 1 aromatic carbocycles. The highest BCUT2D eigenvalue weighted by Gasteiger charge is 2.21. The van der Waals surface area contributed by atoms with Crippen molar-refractivity contribution in [3.05, 3.63) is 52.9 Å². The lowest BCUT2D eigenvalue weighted by Crippen LogP contribution is -2.13. The average molecular weight is 323 g/mol. The molecule has 0 radical (unpaired) electrons. The van der Waals surface area contributed by atoms with Crippen LogP contribution in [0.2, 0.25) is 0 Å². The van der Waals surface area contributed by atoms with Crippen LogP contribution in [0, 0.1) is 19.7 Å². The summed E-state index contributed by atoms with van der Waals surface area (Å²) in [5.41, 5.74) is 7.95. The number of aromatic nitrogens is 3. The van der Waals surface area contributed by atoms with Gasteiger partial charge in [0.2, 0.25) is 0 Å². The van der Waals surface area contributed by atoms with E-state index in [2.05, 4.69) is 25.5 Å². The zero-order valence-corrected chi connectivity index (χ0v) is 13.7. The van der Waals surface area contributed by atoms with Crippen molar-refractivity contribution in [2.75, 3.05) is 5.43 Å². The van der Waals surface area contributed by atoms with Crippen LogP contribution in [0.1, 0.15) is 35.6 Å². The lowest BCUT2D eigenvalue weighted by molar-refractivity contribution is 0.629. The molecule has 0 aliphatic heterocycles. The van der Waals surface area contributed by atoms with Crippen LogP contribution in [-0.4, -0.2) is 20.7 Å². The topological polar surface area (TPSA) is 66.0 Å². The maximum atomic E-state index is 13.7. The fourth-order valence-corrected chi connectivity index (χ4v) is 3.31. The Morgan fingerprint density at radius 2 is 2.04 bits per heavy atom. The van der Waals surface area contributed by atoms with Crippen molar-refractivity contribution in [1.29, 1.82) is 0 Å². The van der Waals surface area contributed by atoms with Gasteiger partial charge in [-0.1, -0.05) is 0 Å². The van der Waals surface area contributed by atoms with Gasteiger partial charge < -0.3 is 4.98 Å². The van der Waals surface area contributed by atoms with Gasteiger partial charge in [-0.05, 0) is 51.3 Å². The number of hydrogen-bond acceptors (Lipinski definition) is 4. The van der Waals surface area contributed by atoms with E-state index in [1.165, 1.54) is 6.07 Å². The van der Waals surface area contributed by atoms with Crippen LogP contribution in [-0.2, 0) is 6.42 Å². The molecule has 0 fully saturated rings. The fourth-order valence-electron chi connectivity index (χ4n) is 3.31. The lowest BCUT2D eigenvalue weighted by atomic mass is 9.93. The van der Waals surface area contributed by atoms with Crippen molar-refractivity contribution in [3.8, 4) is 0 Å². The van der Waals surface area contributed by atoms with E-state index < -0.39 is 0 Å². The van der Waals surface area contributed by atoms with Crippen LogP contribution in [0.5, 0.6) is 0 Å². The standard InChI is InChI=1S/C18H18FN5/c1-10-8-17(21-11(2)20-10)24-23-16-5-3-4-15-18(16)13-9-12(19)6-7-14(13)22-15/h6-9,22H,3-5H2,1-2H3,(H,20,21,24). The number of nitrogens with one attached hydrogen (secondary N) is 2. The molecular formula is C18H18FN5. The monoisotopic (exact) mass is 323 g/mol. The molecule has 0 spiro atoms. The smallest absolute Gasteiger partial charge is 0.150 e. The summed E-state index contributed by atoms with van der Waals surface area (Å²) in [5.74, 6) is 1.14. The second-order valence-electron chi connectivity index (χ2n) is 6.13. The molecular weight excluding hydrogens is 305 g/mol. The summed E-state index contributed by atoms with van der Waals surface area (Å²) < 4.78 is 13.7. The minimum Gasteiger partial charge on any atom is -0.358 e. The molecule has 0 saturated heterocycles. The third-order valence-corrected chi connectivity index (χ3v) is 4.24. The van der Waals surface area contributed by atoms with Crippen molar-refractivity contribution >= 4 is 22.4 Å². The molecule has 1 aliphatic rings. The van der Waals surface area contributed by atoms with Crippen molar-refractivity contribution in [1.82, 2.24) is 15.0 Å². The number of H-pyrrole nitrogens is 1. The molecule has 5 nitrogen and oxygen atoms in total. The van der Waals surface area contributed by atoms with Crippen LogP contribution < -0.4 is 5.43 Å². The third-order valence-electron chi connectivity index (χ3n) is 4.24. The highest BCUT2D eigenvalue weighted by Crippen LogP contribution is 2.30. The Kier molecular flexibility index (Phi) is 3.52. The maximum absolute atomic E-state index is 13.7. The Labute approximate surface area is 139 Å². The van der Waals surface area contributed by atoms with Crippen LogP contribution in [0.15, 0.2) is 29.4 Å². The van der Waals surface area contributed by atoms with E-state index in [1.54, 1.807) is 12.1 Å². The average Bonchev–Trinajstić information content (AvgIpc) is 2.90. The first-order valence-corrected chi connectivity index (χ1v) is 8.05. The zero-order chi connectivity index (χ0) is 16.7. The van der Waals surface area contributed by atoms with Crippen LogP contribution >= 0.6 is 0 Å². The molecule has 3 aromatic rings. The van der Waals surface area contributed by atoms with Crippen LogP contribution in [0.4, 0.5) is 10.2 Å². The first kappa shape index (κ1) is 14.8. The van der Waals surface area contributed by atoms with Gasteiger partial charge in [0.05, 0.1) is 5.71 Å². The number of aromatic amines is 1. The summed E-state index contributed by atoms with van der Waals surface area (Å²) in [6, 6.07) is 6.69. The summed E-state index contributed by atoms with van der Waals surface area (Å²) in [4.78, 5) is 12.0. The van der Waals surface area contributed by atoms with Gasteiger partial charge in [0, 0.05) is 33.9 Å². The number of hydrogen-bond donors (Lipinski definition) is 2. The van der Waals surface area contributed by atoms with E-state index in [0.717, 1.165) is 52.8 Å². The molecule has 6 heteroatoms. The second-order valence-corrected chi connectivity index (χ2v) is 6.13. The summed E-state index contributed by atoms with van der Waals surface area (Å²) in [6.45, 7) is 3.78. The molecule has 0 saturated carbocycles. The maximum Gasteiger partial charge on any atom is 0.150 e. The van der Waals surface area contributed by atoms with E-state index in [0.29, 0.717) is 11.6 Å². The Balaban J connectivity index is 1.75. The zero-order valence-electron chi connectivity index (χ0n) is 13.7. The SMILES string of the molecule is Cc1cc(NN=C2CCCc3[nH]c4ccc(F)cc4c32)nc(C)n1. The minimum absolute atomic E-state index is 0.232. The molecule has 4 rings (SSSR count). The van der Waals surface area contributed by atoms with Gasteiger partial charge in [-0.15, -0.1) is 0 Å². The van der Waals surface area contributed by atoms with Crippen LogP contribution in [0.25, 0.3) is 10.9 Å².